The van der Waals surface area contributed by atoms with Crippen LogP contribution < -0.4 is 0 Å². The summed E-state index contributed by atoms with van der Waals surface area (Å²) in [5, 5.41) is 9.23. The van der Waals surface area contributed by atoms with Crippen LogP contribution in [-0.2, 0) is 30.2 Å². The number of furan rings is 1. The fourth-order valence-electron chi connectivity index (χ4n) is 2.94. The zero-order valence-corrected chi connectivity index (χ0v) is 18.1. The Balaban J connectivity index is 2.31. The number of ether oxygens (including phenoxy) is 2. The van der Waals surface area contributed by atoms with Gasteiger partial charge in [0, 0.05) is 20.5 Å². The van der Waals surface area contributed by atoms with E-state index >= 15 is 0 Å². The summed E-state index contributed by atoms with van der Waals surface area (Å²) in [6.45, 7) is 13.4. The van der Waals surface area contributed by atoms with Crippen LogP contribution in [0.15, 0.2) is 40.3 Å². The third-order valence-corrected chi connectivity index (χ3v) is 5.25. The Kier molecular flexibility index (Phi) is 7.51. The van der Waals surface area contributed by atoms with Gasteiger partial charge < -0.3 is 28.3 Å². The molecular formula is C21H31BO7. The van der Waals surface area contributed by atoms with E-state index in [1.165, 1.54) is 6.92 Å². The number of esters is 1. The maximum atomic E-state index is 11.6. The average molecular weight is 406 g/mol. The summed E-state index contributed by atoms with van der Waals surface area (Å²) < 4.78 is 28.6. The Labute approximate surface area is 172 Å². The van der Waals surface area contributed by atoms with E-state index in [0.717, 1.165) is 5.47 Å². The van der Waals surface area contributed by atoms with Crippen LogP contribution in [0.1, 0.15) is 58.7 Å². The molecule has 0 unspecified atom stereocenters. The predicted molar refractivity (Wildman–Crippen MR) is 109 cm³/mol. The molecule has 0 spiro atoms. The van der Waals surface area contributed by atoms with Crippen molar-refractivity contribution in [1.82, 2.24) is 0 Å². The van der Waals surface area contributed by atoms with Gasteiger partial charge in [0.05, 0.1) is 17.8 Å². The minimum atomic E-state index is -0.652. The molecule has 29 heavy (non-hydrogen) atoms. The molecule has 0 aromatic carbocycles. The van der Waals surface area contributed by atoms with Gasteiger partial charge in [0.25, 0.3) is 0 Å². The quantitative estimate of drug-likeness (QED) is 0.381. The molecule has 2 rings (SSSR count). The molecule has 0 radical (unpaired) electrons. The van der Waals surface area contributed by atoms with Gasteiger partial charge in [-0.2, -0.15) is 0 Å². The van der Waals surface area contributed by atoms with Crippen LogP contribution in [-0.4, -0.2) is 43.1 Å². The van der Waals surface area contributed by atoms with Gasteiger partial charge in [-0.15, -0.1) is 0 Å². The normalized spacial score (nSPS) is 19.3. The lowest BCUT2D eigenvalue weighted by atomic mass is 9.73. The molecule has 1 aliphatic heterocycles. The van der Waals surface area contributed by atoms with Crippen molar-refractivity contribution in [1.29, 1.82) is 0 Å². The van der Waals surface area contributed by atoms with Crippen LogP contribution in [0.2, 0.25) is 0 Å². The Bertz CT molecular complexity index is 747. The molecule has 0 aliphatic carbocycles. The van der Waals surface area contributed by atoms with Crippen LogP contribution in [0.4, 0.5) is 0 Å². The van der Waals surface area contributed by atoms with E-state index in [1.54, 1.807) is 19.2 Å². The number of aliphatic hydroxyl groups is 1. The van der Waals surface area contributed by atoms with E-state index in [9.17, 15) is 9.90 Å². The Morgan fingerprint density at radius 3 is 2.38 bits per heavy atom. The number of rotatable bonds is 9. The fourth-order valence-corrected chi connectivity index (χ4v) is 2.94. The van der Waals surface area contributed by atoms with Crippen LogP contribution in [0, 0.1) is 0 Å². The van der Waals surface area contributed by atoms with Gasteiger partial charge >= 0.3 is 13.1 Å². The monoisotopic (exact) mass is 406 g/mol. The first kappa shape index (κ1) is 23.4. The lowest BCUT2D eigenvalue weighted by molar-refractivity contribution is -0.147. The minimum absolute atomic E-state index is 0.230. The topological polar surface area (TPSA) is 87.4 Å². The summed E-state index contributed by atoms with van der Waals surface area (Å²) in [7, 11) is 0.971. The highest BCUT2D eigenvalue weighted by atomic mass is 16.7. The van der Waals surface area contributed by atoms with Gasteiger partial charge in [-0.3, -0.25) is 4.79 Å². The molecule has 1 aromatic heterocycles. The summed E-state index contributed by atoms with van der Waals surface area (Å²) in [4.78, 5) is 11.6. The first-order valence-corrected chi connectivity index (χ1v) is 9.60. The summed E-state index contributed by atoms with van der Waals surface area (Å²) in [6.07, 6.45) is 1.54. The highest BCUT2D eigenvalue weighted by molar-refractivity contribution is 6.56. The van der Waals surface area contributed by atoms with E-state index in [-0.39, 0.29) is 6.61 Å². The number of carbonyl (C=O) groups is 1. The van der Waals surface area contributed by atoms with E-state index < -0.39 is 30.4 Å². The van der Waals surface area contributed by atoms with Crippen LogP contribution in [0.3, 0.4) is 0 Å². The van der Waals surface area contributed by atoms with E-state index in [0.29, 0.717) is 30.1 Å². The summed E-state index contributed by atoms with van der Waals surface area (Å²) in [6, 6.07) is 3.33. The van der Waals surface area contributed by atoms with Crippen LogP contribution >= 0.6 is 0 Å². The number of hydrogen-bond donors (Lipinski definition) is 1. The zero-order valence-electron chi connectivity index (χ0n) is 18.1. The largest absolute Gasteiger partial charge is 0.494 e. The van der Waals surface area contributed by atoms with Gasteiger partial charge in [0.1, 0.15) is 18.1 Å². The predicted octanol–water partition coefficient (Wildman–Crippen LogP) is 3.53. The Morgan fingerprint density at radius 1 is 1.28 bits per heavy atom. The van der Waals surface area contributed by atoms with Crippen LogP contribution in [0.25, 0.3) is 0 Å². The molecule has 0 amide bonds. The second-order valence-corrected chi connectivity index (χ2v) is 8.08. The van der Waals surface area contributed by atoms with Crippen LogP contribution in [0.5, 0.6) is 0 Å². The van der Waals surface area contributed by atoms with E-state index in [1.807, 2.05) is 33.8 Å². The van der Waals surface area contributed by atoms with Gasteiger partial charge in [-0.05, 0) is 50.9 Å². The van der Waals surface area contributed by atoms with Crippen molar-refractivity contribution in [3.8, 4) is 0 Å². The molecule has 2 heterocycles. The molecule has 1 saturated heterocycles. The molecule has 1 aromatic rings. The third kappa shape index (κ3) is 5.60. The van der Waals surface area contributed by atoms with Crippen molar-refractivity contribution >= 4 is 13.1 Å². The molecule has 1 aliphatic rings. The van der Waals surface area contributed by atoms with Crippen molar-refractivity contribution in [3.63, 3.8) is 0 Å². The lowest BCUT2D eigenvalue weighted by Gasteiger charge is -2.32. The molecule has 1 fully saturated rings. The molecule has 0 bridgehead atoms. The van der Waals surface area contributed by atoms with Gasteiger partial charge in [0.2, 0.25) is 0 Å². The van der Waals surface area contributed by atoms with Gasteiger partial charge in [-0.1, -0.05) is 12.7 Å². The summed E-state index contributed by atoms with van der Waals surface area (Å²) in [5.74, 6) is 0.417. The molecule has 1 N–H and O–H groups in total. The molecule has 160 valence electrons. The second kappa shape index (κ2) is 9.30. The molecule has 7 nitrogen and oxygen atoms in total. The van der Waals surface area contributed by atoms with Gasteiger partial charge in [-0.25, -0.2) is 0 Å². The SMILES string of the molecule is C=C(COC)/C(=C/C[C@@H](OC(C)=O)c1ccc(CO)o1)B1OC(C)(C)C(C)(C)O1. The number of aliphatic hydroxyl groups excluding tert-OH is 1. The van der Waals surface area contributed by atoms with Crippen molar-refractivity contribution in [3.05, 3.63) is 47.4 Å². The lowest BCUT2D eigenvalue weighted by Crippen LogP contribution is -2.41. The summed E-state index contributed by atoms with van der Waals surface area (Å²) in [5.41, 5.74) is 0.437. The smallest absolute Gasteiger partial charge is 0.460 e. The van der Waals surface area contributed by atoms with Crippen molar-refractivity contribution in [2.45, 2.75) is 65.0 Å². The average Bonchev–Trinajstić information content (AvgIpc) is 3.16. The minimum Gasteiger partial charge on any atom is -0.460 e. The highest BCUT2D eigenvalue weighted by Gasteiger charge is 2.52. The Morgan fingerprint density at radius 2 is 1.90 bits per heavy atom. The molecule has 0 saturated carbocycles. The maximum absolute atomic E-state index is 11.6. The fraction of sp³-hybridized carbons (Fsp3) is 0.571. The first-order chi connectivity index (χ1) is 13.5. The zero-order chi connectivity index (χ0) is 21.8. The van der Waals surface area contributed by atoms with Crippen molar-refractivity contribution in [2.75, 3.05) is 13.7 Å². The maximum Gasteiger partial charge on any atom is 0.494 e. The van der Waals surface area contributed by atoms with E-state index in [2.05, 4.69) is 6.58 Å². The van der Waals surface area contributed by atoms with E-state index in [4.69, 9.17) is 23.2 Å². The first-order valence-electron chi connectivity index (χ1n) is 9.60. The standard InChI is InChI=1S/C21H31BO7/c1-14(13-25-7)17(22-28-20(3,4)21(5,6)29-22)9-11-18(26-15(2)24)19-10-8-16(12-23)27-19/h8-10,18,23H,1,11-13H2,2-7H3/b17-9-/t18-/m1/s1. The third-order valence-electron chi connectivity index (χ3n) is 5.25. The Hall–Kier alpha value is -1.87. The molecule has 1 atom stereocenters. The van der Waals surface area contributed by atoms with Crippen molar-refractivity contribution < 1.29 is 33.1 Å². The summed E-state index contributed by atoms with van der Waals surface area (Å²) >= 11 is 0. The highest BCUT2D eigenvalue weighted by Crippen LogP contribution is 2.40. The molecule has 8 heteroatoms. The number of hydrogen-bond acceptors (Lipinski definition) is 7. The van der Waals surface area contributed by atoms with Gasteiger partial charge in [0.15, 0.2) is 6.10 Å². The second-order valence-electron chi connectivity index (χ2n) is 8.08. The number of carbonyl (C=O) groups excluding carboxylic acids is 1. The molecular weight excluding hydrogens is 375 g/mol. The van der Waals surface area contributed by atoms with Crippen molar-refractivity contribution in [2.24, 2.45) is 0 Å². The number of methoxy groups -OCH3 is 1.